The molecular weight excluding hydrogens is 546 g/mol. The summed E-state index contributed by atoms with van der Waals surface area (Å²) in [6, 6.07) is 6.54. The minimum absolute atomic E-state index is 0.0133. The van der Waals surface area contributed by atoms with Crippen molar-refractivity contribution in [2.24, 2.45) is 11.8 Å². The predicted molar refractivity (Wildman–Crippen MR) is 131 cm³/mol. The van der Waals surface area contributed by atoms with Gasteiger partial charge in [0, 0.05) is 17.3 Å². The second-order valence-electron chi connectivity index (χ2n) is 9.96. The lowest BCUT2D eigenvalue weighted by Gasteiger charge is -2.60. The van der Waals surface area contributed by atoms with Crippen LogP contribution in [0.2, 0.25) is 5.02 Å². The van der Waals surface area contributed by atoms with Gasteiger partial charge in [-0.15, -0.1) is 0 Å². The van der Waals surface area contributed by atoms with Crippen LogP contribution < -0.4 is 5.32 Å². The van der Waals surface area contributed by atoms with E-state index >= 15 is 0 Å². The summed E-state index contributed by atoms with van der Waals surface area (Å²) in [5, 5.41) is 23.4. The standard InChI is InChI=1S/C25H25ClF2N2O7S/c26-18-3-1-13(23(32)29-16-2-4-19(27)20(28)11-16)7-21(18)38(35,36)17-9-14-8-15(10-17)25(14,34)22(31)12-30-5-6-37-24(30)33/h1-4,7,11,14-15,17,22,31,34H,5-6,8-10,12H2,(H,29,32). The first-order valence-corrected chi connectivity index (χ1v) is 14.0. The summed E-state index contributed by atoms with van der Waals surface area (Å²) in [6.07, 6.45) is -1.15. The van der Waals surface area contributed by atoms with Crippen molar-refractivity contribution < 1.29 is 41.7 Å². The summed E-state index contributed by atoms with van der Waals surface area (Å²) in [6.45, 7) is 0.396. The van der Waals surface area contributed by atoms with Crippen molar-refractivity contribution in [1.29, 1.82) is 0 Å². The van der Waals surface area contributed by atoms with Crippen LogP contribution in [0.5, 0.6) is 0 Å². The van der Waals surface area contributed by atoms with Crippen LogP contribution in [-0.4, -0.2) is 72.2 Å². The number of rotatable bonds is 7. The zero-order valence-electron chi connectivity index (χ0n) is 19.9. The molecule has 2 amide bonds. The number of hydrogen-bond acceptors (Lipinski definition) is 7. The molecule has 1 heterocycles. The fraction of sp³-hybridized carbons (Fsp3) is 0.440. The van der Waals surface area contributed by atoms with Gasteiger partial charge in [0.2, 0.25) is 0 Å². The Hall–Kier alpha value is -2.80. The molecule has 2 bridgehead atoms. The van der Waals surface area contributed by atoms with Gasteiger partial charge in [0.15, 0.2) is 21.5 Å². The van der Waals surface area contributed by atoms with E-state index in [-0.39, 0.29) is 47.2 Å². The molecule has 204 valence electrons. The quantitative estimate of drug-likeness (QED) is 0.466. The number of nitrogens with one attached hydrogen (secondary N) is 1. The average molecular weight is 571 g/mol. The maximum atomic E-state index is 13.6. The number of carbonyl (C=O) groups excluding carboxylic acids is 2. The summed E-state index contributed by atoms with van der Waals surface area (Å²) >= 11 is 6.23. The molecule has 3 aliphatic carbocycles. The number of ether oxygens (including phenoxy) is 1. The lowest BCUT2D eigenvalue weighted by atomic mass is 9.52. The zero-order chi connectivity index (χ0) is 27.4. The molecule has 3 N–H and O–H groups in total. The molecule has 0 radical (unpaired) electrons. The number of cyclic esters (lactones) is 1. The van der Waals surface area contributed by atoms with Gasteiger partial charge in [-0.3, -0.25) is 4.79 Å². The highest BCUT2D eigenvalue weighted by Crippen LogP contribution is 2.57. The number of hydrogen-bond donors (Lipinski definition) is 3. The van der Waals surface area contributed by atoms with E-state index in [1.165, 1.54) is 23.1 Å². The number of carbonyl (C=O) groups is 2. The van der Waals surface area contributed by atoms with E-state index in [4.69, 9.17) is 16.3 Å². The van der Waals surface area contributed by atoms with Crippen LogP contribution >= 0.6 is 11.6 Å². The Kier molecular flexibility index (Phi) is 6.87. The van der Waals surface area contributed by atoms with Crippen molar-refractivity contribution in [2.75, 3.05) is 25.0 Å². The SMILES string of the molecule is O=C(Nc1ccc(F)c(F)c1)c1ccc(Cl)c(S(=O)(=O)C2CC3CC(C2)C3(O)C(O)CN2CCOC2=O)c1. The fourth-order valence-electron chi connectivity index (χ4n) is 5.76. The number of aliphatic hydroxyl groups is 2. The first-order valence-electron chi connectivity index (χ1n) is 12.0. The maximum Gasteiger partial charge on any atom is 0.410 e. The molecule has 2 aromatic rings. The summed E-state index contributed by atoms with van der Waals surface area (Å²) in [5.41, 5.74) is -1.59. The van der Waals surface area contributed by atoms with Crippen LogP contribution in [0.1, 0.15) is 29.6 Å². The summed E-state index contributed by atoms with van der Waals surface area (Å²) in [7, 11) is -4.04. The van der Waals surface area contributed by atoms with Gasteiger partial charge >= 0.3 is 6.09 Å². The summed E-state index contributed by atoms with van der Waals surface area (Å²) in [5.74, 6) is -3.98. The molecular formula is C25H25ClF2N2O7S. The molecule has 3 unspecified atom stereocenters. The minimum atomic E-state index is -4.04. The van der Waals surface area contributed by atoms with Crippen LogP contribution in [0, 0.1) is 23.5 Å². The van der Waals surface area contributed by atoms with Gasteiger partial charge in [0.25, 0.3) is 5.91 Å². The van der Waals surface area contributed by atoms with Crippen molar-refractivity contribution in [3.8, 4) is 0 Å². The van der Waals surface area contributed by atoms with Gasteiger partial charge in [-0.2, -0.15) is 0 Å². The van der Waals surface area contributed by atoms with E-state index in [2.05, 4.69) is 5.32 Å². The monoisotopic (exact) mass is 570 g/mol. The van der Waals surface area contributed by atoms with E-state index < -0.39 is 62.3 Å². The molecule has 38 heavy (non-hydrogen) atoms. The minimum Gasteiger partial charge on any atom is -0.448 e. The lowest BCUT2D eigenvalue weighted by molar-refractivity contribution is -0.232. The van der Waals surface area contributed by atoms with Gasteiger partial charge in [0.05, 0.1) is 33.9 Å². The Morgan fingerprint density at radius 2 is 1.87 bits per heavy atom. The van der Waals surface area contributed by atoms with Gasteiger partial charge in [0.1, 0.15) is 12.7 Å². The van der Waals surface area contributed by atoms with Crippen LogP contribution in [-0.2, 0) is 14.6 Å². The Morgan fingerprint density at radius 3 is 2.50 bits per heavy atom. The molecule has 3 saturated carbocycles. The number of amides is 2. The number of nitrogens with zero attached hydrogens (tertiary/aromatic N) is 1. The van der Waals surface area contributed by atoms with E-state index in [0.29, 0.717) is 13.0 Å². The highest BCUT2D eigenvalue weighted by Gasteiger charge is 2.63. The largest absolute Gasteiger partial charge is 0.448 e. The maximum absolute atomic E-state index is 13.6. The summed E-state index contributed by atoms with van der Waals surface area (Å²) in [4.78, 5) is 25.5. The Labute approximate surface area is 222 Å². The molecule has 4 aliphatic rings. The Balaban J connectivity index is 1.31. The highest BCUT2D eigenvalue weighted by atomic mass is 35.5. The topological polar surface area (TPSA) is 133 Å². The number of benzene rings is 2. The third kappa shape index (κ3) is 4.53. The van der Waals surface area contributed by atoms with Crippen molar-refractivity contribution in [1.82, 2.24) is 4.90 Å². The molecule has 6 rings (SSSR count). The molecule has 2 aromatic carbocycles. The molecule has 9 nitrogen and oxygen atoms in total. The number of fused-ring (bicyclic) bond motifs is 2. The molecule has 3 atom stereocenters. The number of anilines is 1. The molecule has 1 aliphatic heterocycles. The van der Waals surface area contributed by atoms with Crippen molar-refractivity contribution in [2.45, 2.75) is 41.1 Å². The number of sulfone groups is 1. The predicted octanol–water partition coefficient (Wildman–Crippen LogP) is 2.99. The number of aliphatic hydroxyl groups excluding tert-OH is 1. The third-order valence-corrected chi connectivity index (χ3v) is 10.5. The van der Waals surface area contributed by atoms with Gasteiger partial charge in [-0.1, -0.05) is 11.6 Å². The fourth-order valence-corrected chi connectivity index (χ4v) is 8.16. The molecule has 1 saturated heterocycles. The molecule has 13 heteroatoms. The van der Waals surface area contributed by atoms with Crippen LogP contribution in [0.25, 0.3) is 0 Å². The van der Waals surface area contributed by atoms with Crippen molar-refractivity contribution in [3.63, 3.8) is 0 Å². The van der Waals surface area contributed by atoms with E-state index in [1.807, 2.05) is 0 Å². The first-order chi connectivity index (χ1) is 17.9. The smallest absolute Gasteiger partial charge is 0.410 e. The van der Waals surface area contributed by atoms with Crippen LogP contribution in [0.3, 0.4) is 0 Å². The first kappa shape index (κ1) is 26.8. The Morgan fingerprint density at radius 1 is 1.16 bits per heavy atom. The lowest BCUT2D eigenvalue weighted by Crippen LogP contribution is -2.69. The number of halogens is 3. The number of β-amino-alcohol motifs (C(OH)–C–C–N with tert-alkyl or cyclic N) is 1. The molecule has 4 fully saturated rings. The molecule has 0 spiro atoms. The second-order valence-corrected chi connectivity index (χ2v) is 12.6. The van der Waals surface area contributed by atoms with Crippen LogP contribution in [0.15, 0.2) is 41.3 Å². The van der Waals surface area contributed by atoms with E-state index in [9.17, 15) is 37.0 Å². The van der Waals surface area contributed by atoms with Crippen LogP contribution in [0.4, 0.5) is 19.3 Å². The zero-order valence-corrected chi connectivity index (χ0v) is 21.5. The van der Waals surface area contributed by atoms with Gasteiger partial charge < -0.3 is 25.2 Å². The van der Waals surface area contributed by atoms with E-state index in [0.717, 1.165) is 18.2 Å². The van der Waals surface area contributed by atoms with Crippen molar-refractivity contribution >= 4 is 39.1 Å². The average Bonchev–Trinajstić information content (AvgIpc) is 3.29. The van der Waals surface area contributed by atoms with Gasteiger partial charge in [-0.25, -0.2) is 22.0 Å². The Bertz CT molecular complexity index is 1390. The van der Waals surface area contributed by atoms with E-state index in [1.54, 1.807) is 0 Å². The third-order valence-electron chi connectivity index (χ3n) is 7.86. The highest BCUT2D eigenvalue weighted by molar-refractivity contribution is 7.92. The summed E-state index contributed by atoms with van der Waals surface area (Å²) < 4.78 is 58.7. The normalized spacial score (nSPS) is 27.4. The van der Waals surface area contributed by atoms with Crippen molar-refractivity contribution in [3.05, 3.63) is 58.6 Å². The van der Waals surface area contributed by atoms with Gasteiger partial charge in [-0.05, 0) is 61.4 Å². The second kappa shape index (κ2) is 9.74. The molecule has 0 aromatic heterocycles.